The van der Waals surface area contributed by atoms with E-state index in [4.69, 9.17) is 11.6 Å². The number of pyridine rings is 1. The lowest BCUT2D eigenvalue weighted by atomic mass is 10.1. The lowest BCUT2D eigenvalue weighted by molar-refractivity contribution is 0.475. The van der Waals surface area contributed by atoms with Gasteiger partial charge in [-0.05, 0) is 53.2 Å². The highest BCUT2D eigenvalue weighted by Crippen LogP contribution is 2.30. The summed E-state index contributed by atoms with van der Waals surface area (Å²) in [6, 6.07) is 8.32. The second kappa shape index (κ2) is 5.16. The van der Waals surface area contributed by atoms with Gasteiger partial charge in [-0.1, -0.05) is 11.6 Å². The quantitative estimate of drug-likeness (QED) is 0.914. The Morgan fingerprint density at radius 3 is 2.67 bits per heavy atom. The summed E-state index contributed by atoms with van der Waals surface area (Å²) < 4.78 is 2.32. The van der Waals surface area contributed by atoms with E-state index in [1.807, 2.05) is 6.92 Å². The van der Waals surface area contributed by atoms with Crippen molar-refractivity contribution < 1.29 is 5.11 Å². The lowest BCUT2D eigenvalue weighted by Crippen LogP contribution is -2.21. The van der Waals surface area contributed by atoms with Gasteiger partial charge in [-0.25, -0.2) is 0 Å². The summed E-state index contributed by atoms with van der Waals surface area (Å²) in [4.78, 5) is 11.9. The Morgan fingerprint density at radius 1 is 1.33 bits per heavy atom. The van der Waals surface area contributed by atoms with E-state index in [0.717, 1.165) is 15.7 Å². The molecule has 2 aromatic rings. The smallest absolute Gasteiger partial charge is 0.269 e. The molecule has 0 atom stereocenters. The predicted octanol–water partition coefficient (Wildman–Crippen LogP) is 3.66. The SMILES string of the molecule is CCn1c(-c2ccc(O)cc2Br)ccc(Cl)c1=O. The molecule has 0 unspecified atom stereocenters. The summed E-state index contributed by atoms with van der Waals surface area (Å²) in [6.45, 7) is 2.41. The van der Waals surface area contributed by atoms with Gasteiger partial charge in [-0.15, -0.1) is 0 Å². The van der Waals surface area contributed by atoms with Gasteiger partial charge >= 0.3 is 0 Å². The minimum absolute atomic E-state index is 0.171. The maximum atomic E-state index is 11.9. The molecule has 1 aromatic heterocycles. The van der Waals surface area contributed by atoms with Crippen LogP contribution in [0.3, 0.4) is 0 Å². The van der Waals surface area contributed by atoms with Crippen LogP contribution in [0, 0.1) is 0 Å². The molecule has 2 rings (SSSR count). The Morgan fingerprint density at radius 2 is 2.06 bits per heavy atom. The molecule has 0 fully saturated rings. The van der Waals surface area contributed by atoms with Crippen LogP contribution in [0.5, 0.6) is 5.75 Å². The van der Waals surface area contributed by atoms with Crippen molar-refractivity contribution in [1.82, 2.24) is 4.57 Å². The molecular weight excluding hydrogens is 318 g/mol. The van der Waals surface area contributed by atoms with E-state index in [-0.39, 0.29) is 16.3 Å². The van der Waals surface area contributed by atoms with Gasteiger partial charge in [0, 0.05) is 16.6 Å². The van der Waals surface area contributed by atoms with E-state index in [0.29, 0.717) is 6.54 Å². The molecule has 0 bridgehead atoms. The van der Waals surface area contributed by atoms with Crippen LogP contribution < -0.4 is 5.56 Å². The zero-order chi connectivity index (χ0) is 13.3. The first-order chi connectivity index (χ1) is 8.54. The summed E-state index contributed by atoms with van der Waals surface area (Å²) in [6.07, 6.45) is 0. The summed E-state index contributed by atoms with van der Waals surface area (Å²) in [5, 5.41) is 9.59. The average Bonchev–Trinajstić information content (AvgIpc) is 2.33. The molecule has 1 N–H and O–H groups in total. The molecule has 0 spiro atoms. The third-order valence-electron chi connectivity index (χ3n) is 2.67. The van der Waals surface area contributed by atoms with Gasteiger partial charge < -0.3 is 9.67 Å². The Kier molecular flexibility index (Phi) is 3.78. The Bertz CT molecular complexity index is 652. The van der Waals surface area contributed by atoms with E-state index in [2.05, 4.69) is 15.9 Å². The highest BCUT2D eigenvalue weighted by atomic mass is 79.9. The Balaban J connectivity index is 2.71. The van der Waals surface area contributed by atoms with Crippen LogP contribution in [0.2, 0.25) is 5.02 Å². The second-order valence-electron chi connectivity index (χ2n) is 3.78. The van der Waals surface area contributed by atoms with Gasteiger partial charge in [0.1, 0.15) is 10.8 Å². The fraction of sp³-hybridized carbons (Fsp3) is 0.154. The van der Waals surface area contributed by atoms with E-state index < -0.39 is 0 Å². The van der Waals surface area contributed by atoms with Gasteiger partial charge in [-0.2, -0.15) is 0 Å². The highest BCUT2D eigenvalue weighted by molar-refractivity contribution is 9.10. The summed E-state index contributed by atoms with van der Waals surface area (Å²) in [5.74, 6) is 0.171. The van der Waals surface area contributed by atoms with Crippen LogP contribution in [-0.4, -0.2) is 9.67 Å². The third-order valence-corrected chi connectivity index (χ3v) is 3.62. The fourth-order valence-electron chi connectivity index (χ4n) is 1.81. The molecule has 0 aliphatic carbocycles. The van der Waals surface area contributed by atoms with E-state index in [9.17, 15) is 9.90 Å². The van der Waals surface area contributed by atoms with Crippen LogP contribution in [0.4, 0.5) is 0 Å². The van der Waals surface area contributed by atoms with Crippen molar-refractivity contribution in [1.29, 1.82) is 0 Å². The molecular formula is C13H11BrClNO2. The minimum atomic E-state index is -0.211. The molecule has 0 radical (unpaired) electrons. The van der Waals surface area contributed by atoms with Gasteiger partial charge in [0.15, 0.2) is 0 Å². The van der Waals surface area contributed by atoms with Gasteiger partial charge in [0.2, 0.25) is 0 Å². The fourth-order valence-corrected chi connectivity index (χ4v) is 2.55. The van der Waals surface area contributed by atoms with Crippen LogP contribution in [-0.2, 0) is 6.54 Å². The topological polar surface area (TPSA) is 42.2 Å². The van der Waals surface area contributed by atoms with Gasteiger partial charge in [-0.3, -0.25) is 4.79 Å². The molecule has 3 nitrogen and oxygen atoms in total. The van der Waals surface area contributed by atoms with E-state index in [1.54, 1.807) is 34.9 Å². The molecule has 0 aliphatic rings. The largest absolute Gasteiger partial charge is 0.508 e. The van der Waals surface area contributed by atoms with Crippen molar-refractivity contribution in [3.8, 4) is 17.0 Å². The van der Waals surface area contributed by atoms with Crippen molar-refractivity contribution in [2.24, 2.45) is 0 Å². The second-order valence-corrected chi connectivity index (χ2v) is 5.04. The maximum absolute atomic E-state index is 11.9. The monoisotopic (exact) mass is 327 g/mol. The number of phenolic OH excluding ortho intramolecular Hbond substituents is 1. The molecule has 94 valence electrons. The summed E-state index contributed by atoms with van der Waals surface area (Å²) >= 11 is 9.21. The zero-order valence-corrected chi connectivity index (χ0v) is 12.0. The Labute approximate surface area is 118 Å². The zero-order valence-electron chi connectivity index (χ0n) is 9.65. The standard InChI is InChI=1S/C13H11BrClNO2/c1-2-16-12(6-5-11(15)13(16)18)9-4-3-8(17)7-10(9)14/h3-7,17H,2H2,1H3. The molecule has 0 aliphatic heterocycles. The first-order valence-electron chi connectivity index (χ1n) is 5.42. The van der Waals surface area contributed by atoms with Crippen molar-refractivity contribution in [2.45, 2.75) is 13.5 Å². The van der Waals surface area contributed by atoms with Crippen LogP contribution >= 0.6 is 27.5 Å². The highest BCUT2D eigenvalue weighted by Gasteiger charge is 2.11. The molecule has 0 saturated carbocycles. The number of hydrogen-bond acceptors (Lipinski definition) is 2. The van der Waals surface area contributed by atoms with E-state index in [1.165, 1.54) is 0 Å². The van der Waals surface area contributed by atoms with Crippen molar-refractivity contribution in [2.75, 3.05) is 0 Å². The molecule has 5 heteroatoms. The van der Waals surface area contributed by atoms with Gasteiger partial charge in [0.05, 0.1) is 5.69 Å². The Hall–Kier alpha value is -1.26. The van der Waals surface area contributed by atoms with Crippen molar-refractivity contribution in [3.63, 3.8) is 0 Å². The van der Waals surface area contributed by atoms with E-state index >= 15 is 0 Å². The normalized spacial score (nSPS) is 10.6. The van der Waals surface area contributed by atoms with Crippen LogP contribution in [0.15, 0.2) is 39.6 Å². The van der Waals surface area contributed by atoms with Crippen molar-refractivity contribution in [3.05, 3.63) is 50.2 Å². The minimum Gasteiger partial charge on any atom is -0.508 e. The molecule has 0 saturated heterocycles. The number of hydrogen-bond donors (Lipinski definition) is 1. The number of aromatic hydroxyl groups is 1. The number of rotatable bonds is 2. The van der Waals surface area contributed by atoms with Crippen molar-refractivity contribution >= 4 is 27.5 Å². The van der Waals surface area contributed by atoms with Crippen LogP contribution in [0.25, 0.3) is 11.3 Å². The summed E-state index contributed by atoms with van der Waals surface area (Å²) in [7, 11) is 0. The number of phenols is 1. The molecule has 1 heterocycles. The first-order valence-corrected chi connectivity index (χ1v) is 6.60. The molecule has 1 aromatic carbocycles. The number of aromatic nitrogens is 1. The average molecular weight is 329 g/mol. The van der Waals surface area contributed by atoms with Crippen LogP contribution in [0.1, 0.15) is 6.92 Å². The maximum Gasteiger partial charge on any atom is 0.269 e. The summed E-state index contributed by atoms with van der Waals surface area (Å²) in [5.41, 5.74) is 1.39. The predicted molar refractivity (Wildman–Crippen MR) is 76.2 cm³/mol. The van der Waals surface area contributed by atoms with Gasteiger partial charge in [0.25, 0.3) is 5.56 Å². The molecule has 0 amide bonds. The lowest BCUT2D eigenvalue weighted by Gasteiger charge is -2.13. The number of benzene rings is 1. The number of nitrogens with zero attached hydrogens (tertiary/aromatic N) is 1. The third kappa shape index (κ3) is 2.31. The molecule has 18 heavy (non-hydrogen) atoms. The number of halogens is 2. The first kappa shape index (κ1) is 13.2.